The smallest absolute Gasteiger partial charge is 0.207 e. The highest BCUT2D eigenvalue weighted by Gasteiger charge is 2.30. The number of carbonyl (C=O) groups is 3. The highest BCUT2D eigenvalue weighted by Crippen LogP contribution is 2.24. The fourth-order valence-electron chi connectivity index (χ4n) is 2.55. The van der Waals surface area contributed by atoms with Gasteiger partial charge in [-0.25, -0.2) is 0 Å². The van der Waals surface area contributed by atoms with E-state index in [1.54, 1.807) is 13.8 Å². The Morgan fingerprint density at radius 2 is 2.00 bits per heavy atom. The predicted octanol–water partition coefficient (Wildman–Crippen LogP) is 2.40. The Morgan fingerprint density at radius 1 is 1.30 bits per heavy atom. The van der Waals surface area contributed by atoms with E-state index in [9.17, 15) is 14.4 Å². The number of para-hydroxylation sites is 1. The predicted molar refractivity (Wildman–Crippen MR) is 89.1 cm³/mol. The Bertz CT molecular complexity index is 731. The Kier molecular flexibility index (Phi) is 4.98. The molecular formula is C18H22N2O3. The van der Waals surface area contributed by atoms with Gasteiger partial charge in [-0.2, -0.15) is 0 Å². The number of aromatic nitrogens is 1. The lowest BCUT2D eigenvalue weighted by molar-refractivity contribution is -0.132. The maximum atomic E-state index is 12.5. The second-order valence-electron chi connectivity index (χ2n) is 6.48. The normalized spacial score (nSPS) is 12.8. The molecule has 5 nitrogen and oxygen atoms in total. The van der Waals surface area contributed by atoms with Crippen LogP contribution in [0.2, 0.25) is 0 Å². The minimum atomic E-state index is -0.722. The number of hydrogen-bond acceptors (Lipinski definition) is 3. The minimum absolute atomic E-state index is 0.0391. The van der Waals surface area contributed by atoms with Gasteiger partial charge < -0.3 is 10.3 Å². The number of nitrogens with one attached hydrogen (secondary N) is 2. The van der Waals surface area contributed by atoms with E-state index in [0.717, 1.165) is 16.5 Å². The van der Waals surface area contributed by atoms with Crippen molar-refractivity contribution in [3.05, 3.63) is 36.0 Å². The van der Waals surface area contributed by atoms with E-state index in [1.165, 1.54) is 6.92 Å². The van der Waals surface area contributed by atoms with Crippen molar-refractivity contribution in [1.82, 2.24) is 10.3 Å². The van der Waals surface area contributed by atoms with Gasteiger partial charge in [0.15, 0.2) is 5.78 Å². The lowest BCUT2D eigenvalue weighted by atomic mass is 9.81. The molecule has 0 saturated carbocycles. The van der Waals surface area contributed by atoms with Crippen LogP contribution in [0.15, 0.2) is 30.5 Å². The Labute approximate surface area is 135 Å². The number of carbonyl (C=O) groups excluding carboxylic acids is 3. The lowest BCUT2D eigenvalue weighted by Gasteiger charge is -2.23. The zero-order chi connectivity index (χ0) is 17.0. The van der Waals surface area contributed by atoms with Crippen molar-refractivity contribution in [2.45, 2.75) is 39.7 Å². The molecule has 0 fully saturated rings. The molecule has 0 spiro atoms. The van der Waals surface area contributed by atoms with Crippen LogP contribution in [0.25, 0.3) is 10.9 Å². The molecule has 2 rings (SSSR count). The van der Waals surface area contributed by atoms with Gasteiger partial charge in [-0.05, 0) is 18.6 Å². The highest BCUT2D eigenvalue weighted by molar-refractivity contribution is 5.93. The first-order chi connectivity index (χ1) is 10.8. The molecule has 0 aliphatic rings. The molecular weight excluding hydrogens is 292 g/mol. The number of aromatic amines is 1. The second kappa shape index (κ2) is 6.77. The summed E-state index contributed by atoms with van der Waals surface area (Å²) < 4.78 is 0. The third-order valence-corrected chi connectivity index (χ3v) is 4.33. The fourth-order valence-corrected chi connectivity index (χ4v) is 2.55. The number of H-pyrrole nitrogens is 1. The molecule has 1 heterocycles. The summed E-state index contributed by atoms with van der Waals surface area (Å²) in [6.07, 6.45) is 2.90. The topological polar surface area (TPSA) is 79.0 Å². The molecule has 0 radical (unpaired) electrons. The summed E-state index contributed by atoms with van der Waals surface area (Å²) >= 11 is 0. The summed E-state index contributed by atoms with van der Waals surface area (Å²) in [4.78, 5) is 38.2. The van der Waals surface area contributed by atoms with Crippen LogP contribution in [0.5, 0.6) is 0 Å². The molecule has 1 aromatic carbocycles. The molecule has 1 amide bonds. The number of Topliss-reactive ketones (excluding diaryl/α,β-unsaturated/α-hetero) is 2. The van der Waals surface area contributed by atoms with E-state index < -0.39 is 11.5 Å². The van der Waals surface area contributed by atoms with E-state index in [-0.39, 0.29) is 18.0 Å². The van der Waals surface area contributed by atoms with Crippen LogP contribution in [0.3, 0.4) is 0 Å². The molecule has 0 aliphatic carbocycles. The maximum absolute atomic E-state index is 12.5. The zero-order valence-corrected chi connectivity index (χ0v) is 13.7. The summed E-state index contributed by atoms with van der Waals surface area (Å²) in [7, 11) is 0. The van der Waals surface area contributed by atoms with Crippen molar-refractivity contribution in [2.75, 3.05) is 0 Å². The molecule has 1 aromatic heterocycles. The number of ketones is 2. The van der Waals surface area contributed by atoms with Gasteiger partial charge >= 0.3 is 0 Å². The van der Waals surface area contributed by atoms with E-state index in [0.29, 0.717) is 12.8 Å². The Morgan fingerprint density at radius 3 is 2.65 bits per heavy atom. The monoisotopic (exact) mass is 314 g/mol. The number of rotatable bonds is 8. The maximum Gasteiger partial charge on any atom is 0.207 e. The molecule has 1 atom stereocenters. The fraction of sp³-hybridized carbons (Fsp3) is 0.389. The molecule has 0 saturated heterocycles. The van der Waals surface area contributed by atoms with E-state index >= 15 is 0 Å². The van der Waals surface area contributed by atoms with Crippen LogP contribution in [-0.4, -0.2) is 29.0 Å². The Balaban J connectivity index is 2.20. The minimum Gasteiger partial charge on any atom is -0.361 e. The van der Waals surface area contributed by atoms with Gasteiger partial charge in [0.2, 0.25) is 6.41 Å². The van der Waals surface area contributed by atoms with Gasteiger partial charge in [-0.3, -0.25) is 14.4 Å². The first kappa shape index (κ1) is 16.9. The summed E-state index contributed by atoms with van der Waals surface area (Å²) in [6.45, 7) is 4.98. The Hall–Kier alpha value is -2.43. The molecule has 2 aromatic rings. The number of hydrogen-bond donors (Lipinski definition) is 2. The van der Waals surface area contributed by atoms with Gasteiger partial charge in [0, 0.05) is 35.4 Å². The summed E-state index contributed by atoms with van der Waals surface area (Å²) in [6, 6.07) is 7.17. The first-order valence-corrected chi connectivity index (χ1v) is 7.63. The van der Waals surface area contributed by atoms with Gasteiger partial charge in [0.25, 0.3) is 0 Å². The third kappa shape index (κ3) is 3.86. The standard InChI is InChI=1S/C18H22N2O3/c1-12(22)18(2,3)9-17(23)16(20-11-21)8-13-10-19-15-7-5-4-6-14(13)15/h4-7,10-11,16,19H,8-9H2,1-3H3,(H,20,21). The van der Waals surface area contributed by atoms with Crippen LogP contribution >= 0.6 is 0 Å². The number of benzene rings is 1. The van der Waals surface area contributed by atoms with Crippen LogP contribution in [-0.2, 0) is 20.8 Å². The molecule has 23 heavy (non-hydrogen) atoms. The van der Waals surface area contributed by atoms with E-state index in [4.69, 9.17) is 0 Å². The average Bonchev–Trinajstić information content (AvgIpc) is 2.89. The molecule has 122 valence electrons. The SMILES string of the molecule is CC(=O)C(C)(C)CC(=O)C(Cc1c[nH]c2ccccc12)NC=O. The molecule has 0 aliphatic heterocycles. The van der Waals surface area contributed by atoms with Crippen molar-refractivity contribution in [1.29, 1.82) is 0 Å². The van der Waals surface area contributed by atoms with Gasteiger partial charge in [-0.1, -0.05) is 32.0 Å². The largest absolute Gasteiger partial charge is 0.361 e. The van der Waals surface area contributed by atoms with Crippen molar-refractivity contribution in [2.24, 2.45) is 5.41 Å². The lowest BCUT2D eigenvalue weighted by Crippen LogP contribution is -2.40. The van der Waals surface area contributed by atoms with Crippen LogP contribution < -0.4 is 5.32 Å². The molecule has 2 N–H and O–H groups in total. The van der Waals surface area contributed by atoms with Gasteiger partial charge in [0.1, 0.15) is 5.78 Å². The average molecular weight is 314 g/mol. The van der Waals surface area contributed by atoms with E-state index in [2.05, 4.69) is 10.3 Å². The van der Waals surface area contributed by atoms with Gasteiger partial charge in [0.05, 0.1) is 6.04 Å². The van der Waals surface area contributed by atoms with Crippen molar-refractivity contribution in [3.8, 4) is 0 Å². The van der Waals surface area contributed by atoms with Crippen LogP contribution in [0, 0.1) is 5.41 Å². The highest BCUT2D eigenvalue weighted by atomic mass is 16.1. The zero-order valence-electron chi connectivity index (χ0n) is 13.7. The second-order valence-corrected chi connectivity index (χ2v) is 6.48. The number of amides is 1. The summed E-state index contributed by atoms with van der Waals surface area (Å²) in [5, 5.41) is 3.62. The molecule has 5 heteroatoms. The third-order valence-electron chi connectivity index (χ3n) is 4.33. The van der Waals surface area contributed by atoms with Crippen LogP contribution in [0.1, 0.15) is 32.8 Å². The molecule has 0 bridgehead atoms. The number of fused-ring (bicyclic) bond motifs is 1. The van der Waals surface area contributed by atoms with Crippen molar-refractivity contribution in [3.63, 3.8) is 0 Å². The summed E-state index contributed by atoms with van der Waals surface area (Å²) in [5.41, 5.74) is 1.23. The quantitative estimate of drug-likeness (QED) is 0.734. The van der Waals surface area contributed by atoms with Crippen molar-refractivity contribution < 1.29 is 14.4 Å². The van der Waals surface area contributed by atoms with Crippen molar-refractivity contribution >= 4 is 28.9 Å². The molecule has 1 unspecified atom stereocenters. The summed E-state index contributed by atoms with van der Waals surface area (Å²) in [5.74, 6) is -0.176. The van der Waals surface area contributed by atoms with Gasteiger partial charge in [-0.15, -0.1) is 0 Å². The van der Waals surface area contributed by atoms with Crippen LogP contribution in [0.4, 0.5) is 0 Å². The first-order valence-electron chi connectivity index (χ1n) is 7.63. The van der Waals surface area contributed by atoms with E-state index in [1.807, 2.05) is 30.5 Å².